The van der Waals surface area contributed by atoms with Crippen LogP contribution in [0.5, 0.6) is 0 Å². The molecule has 1 atom stereocenters. The smallest absolute Gasteiger partial charge is 0.369 e. The zero-order chi connectivity index (χ0) is 22.3. The Morgan fingerprint density at radius 1 is 1.13 bits per heavy atom. The van der Waals surface area contributed by atoms with E-state index in [1.165, 1.54) is 24.3 Å². The molecule has 1 unspecified atom stereocenters. The summed E-state index contributed by atoms with van der Waals surface area (Å²) in [4.78, 5) is 11.4. The number of nitrogens with zero attached hydrogens (tertiary/aromatic N) is 3. The number of hydrogen-bond acceptors (Lipinski definition) is 5. The summed E-state index contributed by atoms with van der Waals surface area (Å²) in [7, 11) is -4.50. The average Bonchev–Trinajstić information content (AvgIpc) is 3.13. The van der Waals surface area contributed by atoms with Gasteiger partial charge in [-0.25, -0.2) is 22.6 Å². The molecule has 0 radical (unpaired) electrons. The topological polar surface area (TPSA) is 134 Å². The fourth-order valence-electron chi connectivity index (χ4n) is 2.85. The molecule has 0 saturated carbocycles. The molecule has 4 N–H and O–H groups in total. The Morgan fingerprint density at radius 2 is 1.80 bits per heavy atom. The summed E-state index contributed by atoms with van der Waals surface area (Å²) in [5.41, 5.74) is 3.55. The van der Waals surface area contributed by atoms with Crippen molar-refractivity contribution < 1.29 is 30.8 Å². The van der Waals surface area contributed by atoms with Gasteiger partial charge in [0, 0.05) is 5.56 Å². The van der Waals surface area contributed by atoms with Crippen LogP contribution in [-0.4, -0.2) is 29.3 Å². The number of carbonyl (C=O) groups excluding carboxylic acids is 1. The number of nitrogens with two attached hydrogens (primary N) is 2. The highest BCUT2D eigenvalue weighted by atomic mass is 32.2. The van der Waals surface area contributed by atoms with Crippen LogP contribution < -0.4 is 10.9 Å². The van der Waals surface area contributed by atoms with Crippen LogP contribution in [-0.2, 0) is 21.0 Å². The molecule has 30 heavy (non-hydrogen) atoms. The second-order valence-corrected chi connectivity index (χ2v) is 7.71. The third-order valence-electron chi connectivity index (χ3n) is 4.16. The zero-order valence-electron chi connectivity index (χ0n) is 14.8. The van der Waals surface area contributed by atoms with Gasteiger partial charge in [0.2, 0.25) is 15.9 Å². The normalized spacial score (nSPS) is 13.2. The number of carbonyl (C=O) groups is 1. The van der Waals surface area contributed by atoms with E-state index in [9.17, 15) is 30.8 Å². The minimum absolute atomic E-state index is 0.0310. The van der Waals surface area contributed by atoms with Crippen molar-refractivity contribution >= 4 is 15.9 Å². The number of benzene rings is 2. The number of primary amides is 1. The molecule has 3 rings (SSSR count). The Kier molecular flexibility index (Phi) is 5.34. The number of aromatic nitrogens is 3. The second kappa shape index (κ2) is 7.50. The number of rotatable bonds is 5. The first-order valence-corrected chi connectivity index (χ1v) is 9.64. The Morgan fingerprint density at radius 3 is 2.33 bits per heavy atom. The van der Waals surface area contributed by atoms with Crippen molar-refractivity contribution in [3.05, 3.63) is 71.3 Å². The monoisotopic (exact) mass is 443 g/mol. The van der Waals surface area contributed by atoms with Gasteiger partial charge in [-0.1, -0.05) is 29.5 Å². The molecule has 0 saturated heterocycles. The molecule has 158 valence electrons. The highest BCUT2D eigenvalue weighted by Gasteiger charge is 2.35. The quantitative estimate of drug-likeness (QED) is 0.579. The number of primary sulfonamides is 1. The van der Waals surface area contributed by atoms with Crippen LogP contribution in [0.1, 0.15) is 22.7 Å². The Bertz CT molecular complexity index is 1220. The number of alkyl halides is 3. The maximum absolute atomic E-state index is 14.2. The van der Waals surface area contributed by atoms with Crippen molar-refractivity contribution in [3.8, 4) is 5.69 Å². The summed E-state index contributed by atoms with van der Waals surface area (Å²) in [6, 6.07) is 8.44. The lowest BCUT2D eigenvalue weighted by Gasteiger charge is -2.17. The molecule has 0 aliphatic carbocycles. The minimum Gasteiger partial charge on any atom is -0.369 e. The van der Waals surface area contributed by atoms with Gasteiger partial charge in [-0.3, -0.25) is 4.79 Å². The van der Waals surface area contributed by atoms with E-state index in [0.717, 1.165) is 18.2 Å². The van der Waals surface area contributed by atoms with E-state index in [4.69, 9.17) is 10.9 Å². The van der Waals surface area contributed by atoms with Gasteiger partial charge in [-0.15, -0.1) is 5.10 Å². The van der Waals surface area contributed by atoms with Crippen LogP contribution in [0.4, 0.5) is 17.6 Å². The van der Waals surface area contributed by atoms with E-state index >= 15 is 0 Å². The Hall–Kier alpha value is -3.32. The zero-order valence-corrected chi connectivity index (χ0v) is 15.7. The van der Waals surface area contributed by atoms with Crippen molar-refractivity contribution in [1.29, 1.82) is 0 Å². The van der Waals surface area contributed by atoms with Crippen LogP contribution in [0.2, 0.25) is 0 Å². The molecule has 0 aliphatic heterocycles. The summed E-state index contributed by atoms with van der Waals surface area (Å²) < 4.78 is 77.3. The average molecular weight is 443 g/mol. The Labute approximate surface area is 167 Å². The molecule has 0 fully saturated rings. The maximum Gasteiger partial charge on any atom is 0.436 e. The van der Waals surface area contributed by atoms with Crippen molar-refractivity contribution in [2.75, 3.05) is 0 Å². The predicted octanol–water partition coefficient (Wildman–Crippen LogP) is 1.69. The molecule has 1 heterocycles. The van der Waals surface area contributed by atoms with E-state index in [1.54, 1.807) is 0 Å². The number of amides is 1. The standard InChI is InChI=1S/C17H13F4N5O3S/c18-11-4-2-1-3-10(11)15(16(22)27)9-5-6-12(13(7-9)30(23,28)29)26-8-14(24-25-26)17(19,20)21/h1-8,15H,(H2,22,27)(H2,23,28,29). The highest BCUT2D eigenvalue weighted by molar-refractivity contribution is 7.89. The van der Waals surface area contributed by atoms with Crippen LogP contribution in [0, 0.1) is 5.82 Å². The first kappa shape index (κ1) is 21.4. The molecule has 0 aliphatic rings. The van der Waals surface area contributed by atoms with Gasteiger partial charge in [0.1, 0.15) is 10.7 Å². The van der Waals surface area contributed by atoms with E-state index in [-0.39, 0.29) is 16.8 Å². The number of halogens is 4. The summed E-state index contributed by atoms with van der Waals surface area (Å²) in [5.74, 6) is -3.11. The van der Waals surface area contributed by atoms with Gasteiger partial charge in [0.15, 0.2) is 5.69 Å². The molecule has 0 bridgehead atoms. The third-order valence-corrected chi connectivity index (χ3v) is 5.10. The van der Waals surface area contributed by atoms with E-state index in [2.05, 4.69) is 10.3 Å². The molecular weight excluding hydrogens is 430 g/mol. The van der Waals surface area contributed by atoms with Gasteiger partial charge in [-0.05, 0) is 23.8 Å². The summed E-state index contributed by atoms with van der Waals surface area (Å²) in [6.45, 7) is 0. The molecule has 0 spiro atoms. The summed E-state index contributed by atoms with van der Waals surface area (Å²) in [6.07, 6.45) is -4.33. The maximum atomic E-state index is 14.2. The molecule has 2 aromatic carbocycles. The van der Waals surface area contributed by atoms with Crippen molar-refractivity contribution in [2.24, 2.45) is 10.9 Å². The fourth-order valence-corrected chi connectivity index (χ4v) is 3.60. The fraction of sp³-hybridized carbons (Fsp3) is 0.118. The van der Waals surface area contributed by atoms with Gasteiger partial charge < -0.3 is 5.73 Å². The molecule has 13 heteroatoms. The van der Waals surface area contributed by atoms with E-state index in [0.29, 0.717) is 10.9 Å². The van der Waals surface area contributed by atoms with Gasteiger partial charge in [0.25, 0.3) is 0 Å². The van der Waals surface area contributed by atoms with Crippen LogP contribution in [0.3, 0.4) is 0 Å². The molecule has 1 aromatic heterocycles. The SMILES string of the molecule is NC(=O)C(c1ccc(-n2cc(C(F)(F)F)nn2)c(S(N)(=O)=O)c1)c1ccccc1F. The van der Waals surface area contributed by atoms with Crippen molar-refractivity contribution in [3.63, 3.8) is 0 Å². The molecule has 8 nitrogen and oxygen atoms in total. The van der Waals surface area contributed by atoms with Crippen LogP contribution in [0.25, 0.3) is 5.69 Å². The number of hydrogen-bond donors (Lipinski definition) is 2. The largest absolute Gasteiger partial charge is 0.436 e. The third kappa shape index (κ3) is 4.16. The van der Waals surface area contributed by atoms with Gasteiger partial charge >= 0.3 is 6.18 Å². The number of sulfonamides is 1. The first-order chi connectivity index (χ1) is 13.9. The van der Waals surface area contributed by atoms with Crippen LogP contribution >= 0.6 is 0 Å². The highest BCUT2D eigenvalue weighted by Crippen LogP contribution is 2.32. The van der Waals surface area contributed by atoms with E-state index < -0.39 is 44.4 Å². The molecule has 3 aromatic rings. The van der Waals surface area contributed by atoms with Crippen molar-refractivity contribution in [1.82, 2.24) is 15.0 Å². The Balaban J connectivity index is 2.19. The lowest BCUT2D eigenvalue weighted by molar-refractivity contribution is -0.141. The lowest BCUT2D eigenvalue weighted by atomic mass is 9.90. The summed E-state index contributed by atoms with van der Waals surface area (Å²) >= 11 is 0. The lowest BCUT2D eigenvalue weighted by Crippen LogP contribution is -2.24. The van der Waals surface area contributed by atoms with Gasteiger partial charge in [-0.2, -0.15) is 13.2 Å². The van der Waals surface area contributed by atoms with Gasteiger partial charge in [0.05, 0.1) is 17.8 Å². The van der Waals surface area contributed by atoms with Crippen molar-refractivity contribution in [2.45, 2.75) is 17.0 Å². The van der Waals surface area contributed by atoms with E-state index in [1.807, 2.05) is 0 Å². The molecular formula is C17H13F4N5O3S. The molecule has 1 amide bonds. The predicted molar refractivity (Wildman–Crippen MR) is 95.2 cm³/mol. The second-order valence-electron chi connectivity index (χ2n) is 6.18. The van der Waals surface area contributed by atoms with Crippen LogP contribution in [0.15, 0.2) is 53.6 Å². The summed E-state index contributed by atoms with van der Waals surface area (Å²) in [5, 5.41) is 11.4. The minimum atomic E-state index is -4.80. The first-order valence-electron chi connectivity index (χ1n) is 8.10.